The molecule has 0 aliphatic heterocycles. The molecule has 0 bridgehead atoms. The summed E-state index contributed by atoms with van der Waals surface area (Å²) in [7, 11) is 0. The van der Waals surface area contributed by atoms with E-state index in [4.69, 9.17) is 23.2 Å². The number of aromatic nitrogens is 1. The van der Waals surface area contributed by atoms with Gasteiger partial charge < -0.3 is 5.32 Å². The van der Waals surface area contributed by atoms with E-state index in [1.54, 1.807) is 18.3 Å². The van der Waals surface area contributed by atoms with E-state index >= 15 is 0 Å². The van der Waals surface area contributed by atoms with Crippen LogP contribution in [0.15, 0.2) is 35.5 Å². The fraction of sp³-hybridized carbons (Fsp3) is 0.167. The van der Waals surface area contributed by atoms with Crippen LogP contribution in [0.1, 0.15) is 4.88 Å². The second-order valence-corrected chi connectivity index (χ2v) is 6.73. The Balaban J connectivity index is 1.77. The van der Waals surface area contributed by atoms with Crippen LogP contribution >= 0.6 is 46.3 Å². The highest BCUT2D eigenvalue weighted by Crippen LogP contribution is 2.24. The first-order chi connectivity index (χ1) is 9.15. The van der Waals surface area contributed by atoms with Crippen LogP contribution in [-0.2, 0) is 11.3 Å². The number of carbonyl (C=O) groups excluding carboxylic acids is 1. The van der Waals surface area contributed by atoms with Gasteiger partial charge in [-0.15, -0.1) is 11.3 Å². The molecule has 0 aromatic carbocycles. The lowest BCUT2D eigenvalue weighted by Gasteiger charge is -2.04. The first-order valence-corrected chi connectivity index (χ1v) is 7.95. The topological polar surface area (TPSA) is 42.0 Å². The molecule has 0 spiro atoms. The Kier molecular flexibility index (Phi) is 5.51. The van der Waals surface area contributed by atoms with E-state index in [0.717, 1.165) is 9.21 Å². The lowest BCUT2D eigenvalue weighted by Crippen LogP contribution is -2.24. The minimum absolute atomic E-state index is 0.0590. The van der Waals surface area contributed by atoms with Crippen LogP contribution < -0.4 is 5.32 Å². The molecule has 100 valence electrons. The van der Waals surface area contributed by atoms with Crippen LogP contribution in [0.5, 0.6) is 0 Å². The van der Waals surface area contributed by atoms with Crippen molar-refractivity contribution in [1.82, 2.24) is 10.3 Å². The lowest BCUT2D eigenvalue weighted by atomic mass is 10.4. The molecule has 0 aliphatic rings. The Hall–Kier alpha value is -0.750. The van der Waals surface area contributed by atoms with Crippen LogP contribution in [0.2, 0.25) is 9.36 Å². The van der Waals surface area contributed by atoms with Crippen LogP contribution in [0.4, 0.5) is 0 Å². The van der Waals surface area contributed by atoms with Gasteiger partial charge in [-0.1, -0.05) is 35.0 Å². The van der Waals surface area contributed by atoms with E-state index in [2.05, 4.69) is 10.3 Å². The van der Waals surface area contributed by atoms with Gasteiger partial charge in [-0.2, -0.15) is 0 Å². The molecule has 1 amide bonds. The number of amides is 1. The molecule has 2 heterocycles. The standard InChI is InChI=1S/C12H10Cl2N2OS2/c13-9-2-1-5-15-12(9)18-7-11(17)16-6-8-3-4-10(14)19-8/h1-5H,6-7H2,(H,16,17). The molecule has 3 nitrogen and oxygen atoms in total. The Morgan fingerprint density at radius 3 is 2.89 bits per heavy atom. The normalized spacial score (nSPS) is 10.4. The molecule has 19 heavy (non-hydrogen) atoms. The third-order valence-electron chi connectivity index (χ3n) is 2.15. The molecule has 2 rings (SSSR count). The monoisotopic (exact) mass is 332 g/mol. The summed E-state index contributed by atoms with van der Waals surface area (Å²) < 4.78 is 0.721. The van der Waals surface area contributed by atoms with Gasteiger partial charge in [-0.25, -0.2) is 4.98 Å². The number of nitrogens with zero attached hydrogens (tertiary/aromatic N) is 1. The predicted molar refractivity (Wildman–Crippen MR) is 81.1 cm³/mol. The summed E-state index contributed by atoms with van der Waals surface area (Å²) in [5.41, 5.74) is 0. The van der Waals surface area contributed by atoms with Crippen molar-refractivity contribution in [3.05, 3.63) is 44.7 Å². The highest BCUT2D eigenvalue weighted by Gasteiger charge is 2.07. The molecule has 0 aliphatic carbocycles. The van der Waals surface area contributed by atoms with E-state index in [1.807, 2.05) is 12.1 Å². The zero-order valence-electron chi connectivity index (χ0n) is 9.73. The maximum absolute atomic E-state index is 11.7. The van der Waals surface area contributed by atoms with Crippen molar-refractivity contribution in [2.75, 3.05) is 5.75 Å². The minimum atomic E-state index is -0.0590. The number of carbonyl (C=O) groups is 1. The molecule has 7 heteroatoms. The van der Waals surface area contributed by atoms with E-state index in [-0.39, 0.29) is 11.7 Å². The van der Waals surface area contributed by atoms with Crippen LogP contribution in [0.25, 0.3) is 0 Å². The molecular formula is C12H10Cl2N2OS2. The fourth-order valence-electron chi connectivity index (χ4n) is 1.29. The molecule has 0 atom stereocenters. The third kappa shape index (κ3) is 4.69. The first kappa shape index (κ1) is 14.7. The van der Waals surface area contributed by atoms with Crippen molar-refractivity contribution in [2.24, 2.45) is 0 Å². The number of thiophene rings is 1. The van der Waals surface area contributed by atoms with Gasteiger partial charge in [0.15, 0.2) is 0 Å². The Bertz CT molecular complexity index is 574. The van der Waals surface area contributed by atoms with Crippen molar-refractivity contribution < 1.29 is 4.79 Å². The van der Waals surface area contributed by atoms with E-state index < -0.39 is 0 Å². The molecular weight excluding hydrogens is 323 g/mol. The molecule has 0 saturated carbocycles. The van der Waals surface area contributed by atoms with Crippen molar-refractivity contribution >= 4 is 52.2 Å². The predicted octanol–water partition coefficient (Wildman–Crippen LogP) is 3.86. The van der Waals surface area contributed by atoms with Crippen LogP contribution in [-0.4, -0.2) is 16.6 Å². The quantitative estimate of drug-likeness (QED) is 0.845. The Labute approximate surface area is 129 Å². The summed E-state index contributed by atoms with van der Waals surface area (Å²) in [4.78, 5) is 16.8. The van der Waals surface area contributed by atoms with Gasteiger partial charge in [-0.05, 0) is 24.3 Å². The molecule has 1 N–H and O–H groups in total. The summed E-state index contributed by atoms with van der Waals surface area (Å²) >= 11 is 14.5. The summed E-state index contributed by atoms with van der Waals surface area (Å²) in [6, 6.07) is 7.22. The fourth-order valence-corrected chi connectivity index (χ4v) is 3.32. The maximum Gasteiger partial charge on any atom is 0.230 e. The van der Waals surface area contributed by atoms with Crippen molar-refractivity contribution in [2.45, 2.75) is 11.6 Å². The largest absolute Gasteiger partial charge is 0.350 e. The molecule has 2 aromatic heterocycles. The highest BCUT2D eigenvalue weighted by atomic mass is 35.5. The summed E-state index contributed by atoms with van der Waals surface area (Å²) in [6.07, 6.45) is 1.65. The number of thioether (sulfide) groups is 1. The summed E-state index contributed by atoms with van der Waals surface area (Å²) in [5, 5.41) is 4.05. The number of nitrogens with one attached hydrogen (secondary N) is 1. The number of rotatable bonds is 5. The van der Waals surface area contributed by atoms with Crippen molar-refractivity contribution in [1.29, 1.82) is 0 Å². The van der Waals surface area contributed by atoms with Crippen LogP contribution in [0.3, 0.4) is 0 Å². The number of halogens is 2. The highest BCUT2D eigenvalue weighted by molar-refractivity contribution is 8.00. The molecule has 0 saturated heterocycles. The second-order valence-electron chi connectivity index (χ2n) is 3.56. The second kappa shape index (κ2) is 7.14. The van der Waals surface area contributed by atoms with E-state index in [9.17, 15) is 4.79 Å². The van der Waals surface area contributed by atoms with Gasteiger partial charge in [0.2, 0.25) is 5.91 Å². The number of hydrogen-bond donors (Lipinski definition) is 1. The maximum atomic E-state index is 11.7. The summed E-state index contributed by atoms with van der Waals surface area (Å²) in [6.45, 7) is 0.493. The minimum Gasteiger partial charge on any atom is -0.350 e. The van der Waals surface area contributed by atoms with Crippen molar-refractivity contribution in [3.63, 3.8) is 0 Å². The molecule has 2 aromatic rings. The number of pyridine rings is 1. The van der Waals surface area contributed by atoms with E-state index in [0.29, 0.717) is 16.6 Å². The van der Waals surface area contributed by atoms with Gasteiger partial charge in [-0.3, -0.25) is 4.79 Å². The van der Waals surface area contributed by atoms with Gasteiger partial charge in [0.25, 0.3) is 0 Å². The molecule has 0 unspecified atom stereocenters. The van der Waals surface area contributed by atoms with Gasteiger partial charge in [0, 0.05) is 11.1 Å². The average Bonchev–Trinajstić information content (AvgIpc) is 2.81. The zero-order chi connectivity index (χ0) is 13.7. The van der Waals surface area contributed by atoms with Crippen LogP contribution in [0, 0.1) is 0 Å². The number of hydrogen-bond acceptors (Lipinski definition) is 4. The molecule has 0 radical (unpaired) electrons. The average molecular weight is 333 g/mol. The first-order valence-electron chi connectivity index (χ1n) is 5.39. The van der Waals surface area contributed by atoms with E-state index in [1.165, 1.54) is 23.1 Å². The zero-order valence-corrected chi connectivity index (χ0v) is 12.9. The third-order valence-corrected chi connectivity index (χ3v) is 4.81. The van der Waals surface area contributed by atoms with Gasteiger partial charge >= 0.3 is 0 Å². The Morgan fingerprint density at radius 1 is 1.37 bits per heavy atom. The van der Waals surface area contributed by atoms with Crippen molar-refractivity contribution in [3.8, 4) is 0 Å². The smallest absolute Gasteiger partial charge is 0.230 e. The molecule has 0 fully saturated rings. The Morgan fingerprint density at radius 2 is 2.21 bits per heavy atom. The van der Waals surface area contributed by atoms with Gasteiger partial charge in [0.05, 0.1) is 21.7 Å². The SMILES string of the molecule is O=C(CSc1ncccc1Cl)NCc1ccc(Cl)s1. The lowest BCUT2D eigenvalue weighted by molar-refractivity contribution is -0.118. The summed E-state index contributed by atoms with van der Waals surface area (Å²) in [5.74, 6) is 0.229. The van der Waals surface area contributed by atoms with Gasteiger partial charge in [0.1, 0.15) is 5.03 Å².